The minimum Gasteiger partial charge on any atom is -0.436 e. The maximum atomic E-state index is 4.60. The van der Waals surface area contributed by atoms with E-state index >= 15 is 0 Å². The molecule has 59 valence electrons. The molecule has 0 spiro atoms. The summed E-state index contributed by atoms with van der Waals surface area (Å²) in [6.45, 7) is 5.81. The monoisotopic (exact) mass is 246 g/mol. The van der Waals surface area contributed by atoms with Gasteiger partial charge < -0.3 is 10.1 Å². The van der Waals surface area contributed by atoms with Crippen LogP contribution in [0.3, 0.4) is 0 Å². The number of nitrogens with zero attached hydrogens (tertiary/aromatic N) is 2. The molecule has 0 aliphatic heterocycles. The third kappa shape index (κ3) is 4.82. The molecule has 0 aliphatic rings. The van der Waals surface area contributed by atoms with Crippen molar-refractivity contribution in [2.24, 2.45) is 0 Å². The predicted molar refractivity (Wildman–Crippen MR) is 38.8 cm³/mol. The van der Waals surface area contributed by atoms with Gasteiger partial charge in [0.2, 0.25) is 0 Å². The Hall–Kier alpha value is -0.0166. The molecule has 5 heteroatoms. The minimum absolute atomic E-state index is 0. The summed E-state index contributed by atoms with van der Waals surface area (Å²) in [5.41, 5.74) is 0. The maximum absolute atomic E-state index is 4.60. The van der Waals surface area contributed by atoms with Gasteiger partial charge in [-0.2, -0.15) is 0 Å². The number of aromatic nitrogens is 3. The molecule has 0 fully saturated rings. The Labute approximate surface area is 78.4 Å². The molecular formula is C5H10N3RuS. The molecule has 1 radical (unpaired) electrons. The van der Waals surface area contributed by atoms with Gasteiger partial charge in [0.15, 0.2) is 0 Å². The minimum atomic E-state index is 0. The molecule has 1 N–H and O–H groups in total. The van der Waals surface area contributed by atoms with Gasteiger partial charge in [-0.1, -0.05) is 26.1 Å². The summed E-state index contributed by atoms with van der Waals surface area (Å²) in [6.07, 6.45) is 0. The maximum Gasteiger partial charge on any atom is 1.00 e. The van der Waals surface area contributed by atoms with Crippen LogP contribution in [0.4, 0.5) is 0 Å². The average molecular weight is 245 g/mol. The largest absolute Gasteiger partial charge is 1.00 e. The average Bonchev–Trinajstić information content (AvgIpc) is 2.20. The summed E-state index contributed by atoms with van der Waals surface area (Å²) in [7, 11) is 0. The van der Waals surface area contributed by atoms with Crippen molar-refractivity contribution in [1.82, 2.24) is 15.2 Å². The molecule has 1 rings (SSSR count). The standard InChI is InChI=1S/C3H5N3S.C2H6.Ru/c1-2-4-3(7)6-5-2;1-2;/h1H3,(H2,4,5,6,7);1-2H3;/q;;+1/p-1. The normalized spacial score (nSPS) is 7.10. The number of hydrogen-bond donors (Lipinski definition) is 1. The van der Waals surface area contributed by atoms with E-state index in [2.05, 4.69) is 27.4 Å². The van der Waals surface area contributed by atoms with E-state index < -0.39 is 0 Å². The first-order valence-corrected chi connectivity index (χ1v) is 3.26. The van der Waals surface area contributed by atoms with Crippen LogP contribution < -0.4 is 5.10 Å². The first-order chi connectivity index (χ1) is 4.29. The summed E-state index contributed by atoms with van der Waals surface area (Å²) in [5.74, 6) is 0.769. The van der Waals surface area contributed by atoms with Gasteiger partial charge in [-0.25, -0.2) is 0 Å². The van der Waals surface area contributed by atoms with E-state index in [0.717, 1.165) is 5.82 Å². The van der Waals surface area contributed by atoms with Crippen LogP contribution in [0.25, 0.3) is 0 Å². The zero-order chi connectivity index (χ0) is 7.28. The number of H-pyrrole nitrogens is 1. The van der Waals surface area contributed by atoms with Crippen molar-refractivity contribution in [2.75, 3.05) is 0 Å². The fourth-order valence-electron chi connectivity index (χ4n) is 0.325. The molecule has 0 saturated carbocycles. The van der Waals surface area contributed by atoms with E-state index in [0.29, 0.717) is 4.77 Å². The second kappa shape index (κ2) is 7.09. The summed E-state index contributed by atoms with van der Waals surface area (Å²) in [6, 6.07) is 0. The van der Waals surface area contributed by atoms with Crippen LogP contribution in [0, 0.1) is 11.7 Å². The van der Waals surface area contributed by atoms with Crippen molar-refractivity contribution in [2.45, 2.75) is 20.8 Å². The van der Waals surface area contributed by atoms with Gasteiger partial charge in [-0.05, 0) is 6.92 Å². The van der Waals surface area contributed by atoms with Crippen LogP contribution in [0.15, 0.2) is 0 Å². The number of aryl methyl sites for hydroxylation is 1. The van der Waals surface area contributed by atoms with Gasteiger partial charge in [0.05, 0.1) is 0 Å². The van der Waals surface area contributed by atoms with E-state index in [-0.39, 0.29) is 19.5 Å². The number of nitrogens with one attached hydrogen (secondary N) is 1. The van der Waals surface area contributed by atoms with E-state index in [1.54, 1.807) is 0 Å². The molecule has 3 nitrogen and oxygen atoms in total. The number of rotatable bonds is 0. The SMILES string of the molecule is CC.Cc1n[n-]c(=S)[nH]1.[Ru+]. The van der Waals surface area contributed by atoms with Gasteiger partial charge in [0.25, 0.3) is 0 Å². The molecule has 0 aliphatic carbocycles. The van der Waals surface area contributed by atoms with Gasteiger partial charge in [-0.15, -0.1) is 0 Å². The molecular weight excluding hydrogens is 235 g/mol. The van der Waals surface area contributed by atoms with Crippen LogP contribution in [-0.4, -0.2) is 10.1 Å². The Balaban J connectivity index is 0. The fourth-order valence-corrected chi connectivity index (χ4v) is 0.514. The van der Waals surface area contributed by atoms with E-state index in [9.17, 15) is 0 Å². The fraction of sp³-hybridized carbons (Fsp3) is 0.600. The third-order valence-corrected chi connectivity index (χ3v) is 0.762. The van der Waals surface area contributed by atoms with Crippen molar-refractivity contribution in [1.29, 1.82) is 0 Å². The van der Waals surface area contributed by atoms with Crippen LogP contribution in [0.5, 0.6) is 0 Å². The Kier molecular flexibility index (Phi) is 8.97. The quantitative estimate of drug-likeness (QED) is 0.555. The molecule has 0 atom stereocenters. The Morgan fingerprint density at radius 2 is 2.00 bits per heavy atom. The molecule has 0 amide bonds. The molecule has 1 aromatic heterocycles. The molecule has 1 heterocycles. The van der Waals surface area contributed by atoms with Crippen molar-refractivity contribution in [3.63, 3.8) is 0 Å². The van der Waals surface area contributed by atoms with Crippen LogP contribution >= 0.6 is 12.2 Å². The predicted octanol–water partition coefficient (Wildman–Crippen LogP) is 1.43. The zero-order valence-electron chi connectivity index (χ0n) is 6.16. The first kappa shape index (κ1) is 12.6. The third-order valence-electron chi connectivity index (χ3n) is 0.579. The summed E-state index contributed by atoms with van der Waals surface area (Å²) in [4.78, 5) is 2.73. The van der Waals surface area contributed by atoms with Gasteiger partial charge in [-0.3, -0.25) is 5.10 Å². The molecule has 10 heavy (non-hydrogen) atoms. The second-order valence-electron chi connectivity index (χ2n) is 1.22. The Bertz CT molecular complexity index is 205. The summed E-state index contributed by atoms with van der Waals surface area (Å²) < 4.78 is 0.456. The van der Waals surface area contributed by atoms with Crippen molar-refractivity contribution in [3.8, 4) is 0 Å². The van der Waals surface area contributed by atoms with Crippen LogP contribution in [0.1, 0.15) is 19.7 Å². The Morgan fingerprint density at radius 3 is 2.10 bits per heavy atom. The molecule has 0 unspecified atom stereocenters. The van der Waals surface area contributed by atoms with E-state index in [4.69, 9.17) is 0 Å². The zero-order valence-corrected chi connectivity index (χ0v) is 8.71. The van der Waals surface area contributed by atoms with E-state index in [1.165, 1.54) is 0 Å². The first-order valence-electron chi connectivity index (χ1n) is 2.85. The molecule has 0 bridgehead atoms. The van der Waals surface area contributed by atoms with Crippen LogP contribution in [-0.2, 0) is 19.5 Å². The molecule has 0 saturated heterocycles. The van der Waals surface area contributed by atoms with Crippen molar-refractivity contribution >= 4 is 12.2 Å². The van der Waals surface area contributed by atoms with Gasteiger partial charge in [0.1, 0.15) is 0 Å². The smallest absolute Gasteiger partial charge is 0.436 e. The van der Waals surface area contributed by atoms with Gasteiger partial charge in [0, 0.05) is 10.6 Å². The summed E-state index contributed by atoms with van der Waals surface area (Å²) in [5, 5.41) is 7.13. The second-order valence-corrected chi connectivity index (χ2v) is 1.60. The Morgan fingerprint density at radius 1 is 1.50 bits per heavy atom. The topological polar surface area (TPSA) is 42.8 Å². The van der Waals surface area contributed by atoms with Crippen LogP contribution in [0.2, 0.25) is 0 Å². The number of aromatic amines is 1. The molecule has 1 aromatic rings. The summed E-state index contributed by atoms with van der Waals surface area (Å²) >= 11 is 4.60. The molecule has 0 aromatic carbocycles. The van der Waals surface area contributed by atoms with E-state index in [1.807, 2.05) is 20.8 Å². The van der Waals surface area contributed by atoms with Gasteiger partial charge >= 0.3 is 19.5 Å². The van der Waals surface area contributed by atoms with Crippen molar-refractivity contribution in [3.05, 3.63) is 10.6 Å². The number of hydrogen-bond acceptors (Lipinski definition) is 2. The van der Waals surface area contributed by atoms with Crippen molar-refractivity contribution < 1.29 is 19.5 Å².